The van der Waals surface area contributed by atoms with Crippen LogP contribution in [0, 0.1) is 0 Å². The van der Waals surface area contributed by atoms with Gasteiger partial charge in [0, 0.05) is 44.8 Å². The summed E-state index contributed by atoms with van der Waals surface area (Å²) < 4.78 is 35.4. The second-order valence-electron chi connectivity index (χ2n) is 10.6. The maximum atomic E-state index is 15.0. The largest absolute Gasteiger partial charge is 0.495 e. The fourth-order valence-corrected chi connectivity index (χ4v) is 5.55. The molecule has 3 N–H and O–H groups in total. The number of hydrogen-bond donors (Lipinski definition) is 3. The van der Waals surface area contributed by atoms with Crippen molar-refractivity contribution in [3.63, 3.8) is 0 Å². The van der Waals surface area contributed by atoms with Crippen molar-refractivity contribution >= 4 is 41.0 Å². The van der Waals surface area contributed by atoms with Crippen LogP contribution in [0.1, 0.15) is 42.5 Å². The molecule has 1 aromatic carbocycles. The predicted molar refractivity (Wildman–Crippen MR) is 150 cm³/mol. The van der Waals surface area contributed by atoms with Gasteiger partial charge >= 0.3 is 12.0 Å². The van der Waals surface area contributed by atoms with Crippen molar-refractivity contribution in [3.8, 4) is 5.75 Å². The van der Waals surface area contributed by atoms with Crippen LogP contribution in [0.25, 0.3) is 0 Å². The molecule has 3 amide bonds. The minimum atomic E-state index is -3.58. The number of methoxy groups -OCH3 is 1. The summed E-state index contributed by atoms with van der Waals surface area (Å²) in [6, 6.07) is 4.56. The zero-order valence-electron chi connectivity index (χ0n) is 23.5. The monoisotopic (exact) mass is 588 g/mol. The number of carbonyl (C=O) groups is 3. The second kappa shape index (κ2) is 11.9. The van der Waals surface area contributed by atoms with Gasteiger partial charge < -0.3 is 29.9 Å². The number of ether oxygens (including phenoxy) is 1. The molecule has 0 spiro atoms. The van der Waals surface area contributed by atoms with Crippen molar-refractivity contribution in [2.24, 2.45) is 0 Å². The number of hydrazine groups is 1. The van der Waals surface area contributed by atoms with Crippen molar-refractivity contribution in [2.75, 3.05) is 62.0 Å². The number of hydrogen-bond acceptors (Lipinski definition) is 9. The molecule has 0 radical (unpaired) electrons. The van der Waals surface area contributed by atoms with Crippen LogP contribution in [-0.4, -0.2) is 102 Å². The zero-order chi connectivity index (χ0) is 30.0. The molecular weight excluding hydrogens is 554 g/mol. The number of nitrogens with one attached hydrogen (secondary N) is 2. The predicted octanol–water partition coefficient (Wildman–Crippen LogP) is 2.92. The van der Waals surface area contributed by atoms with Crippen molar-refractivity contribution in [2.45, 2.75) is 44.1 Å². The molecule has 1 aromatic heterocycles. The number of nitrogens with zero attached hydrogens (tertiary/aromatic N) is 6. The number of anilines is 4. The molecule has 3 aliphatic rings. The van der Waals surface area contributed by atoms with Gasteiger partial charge in [-0.05, 0) is 31.0 Å². The number of amides is 3. The van der Waals surface area contributed by atoms with Gasteiger partial charge in [0.25, 0.3) is 11.8 Å². The Kier molecular flexibility index (Phi) is 8.29. The molecule has 0 atom stereocenters. The van der Waals surface area contributed by atoms with E-state index in [1.165, 1.54) is 31.3 Å². The molecule has 42 heavy (non-hydrogen) atoms. The fraction of sp³-hybridized carbons (Fsp3) is 0.519. The molecule has 1 aliphatic carbocycles. The van der Waals surface area contributed by atoms with E-state index in [4.69, 9.17) is 9.84 Å². The Morgan fingerprint density at radius 2 is 1.83 bits per heavy atom. The molecule has 2 fully saturated rings. The summed E-state index contributed by atoms with van der Waals surface area (Å²) >= 11 is 0. The van der Waals surface area contributed by atoms with E-state index in [1.54, 1.807) is 22.0 Å². The quantitative estimate of drug-likeness (QED) is 0.461. The van der Waals surface area contributed by atoms with Crippen LogP contribution in [0.15, 0.2) is 24.4 Å². The van der Waals surface area contributed by atoms with Gasteiger partial charge in [-0.3, -0.25) is 15.0 Å². The molecule has 1 saturated carbocycles. The third kappa shape index (κ3) is 6.00. The second-order valence-corrected chi connectivity index (χ2v) is 10.6. The smallest absolute Gasteiger partial charge is 0.407 e. The van der Waals surface area contributed by atoms with Crippen LogP contribution in [0.3, 0.4) is 0 Å². The third-order valence-corrected chi connectivity index (χ3v) is 7.91. The van der Waals surface area contributed by atoms with Gasteiger partial charge in [0.05, 0.1) is 25.5 Å². The summed E-state index contributed by atoms with van der Waals surface area (Å²) in [4.78, 5) is 49.2. The van der Waals surface area contributed by atoms with Gasteiger partial charge in [0.15, 0.2) is 5.82 Å². The minimum Gasteiger partial charge on any atom is -0.495 e. The number of alkyl halides is 2. The van der Waals surface area contributed by atoms with Gasteiger partial charge in [0.2, 0.25) is 5.95 Å². The summed E-state index contributed by atoms with van der Waals surface area (Å²) in [7, 11) is 2.74. The van der Waals surface area contributed by atoms with Gasteiger partial charge in [-0.25, -0.2) is 14.8 Å². The maximum absolute atomic E-state index is 15.0. The van der Waals surface area contributed by atoms with E-state index in [-0.39, 0.29) is 42.5 Å². The summed E-state index contributed by atoms with van der Waals surface area (Å²) in [6.45, 7) is 0.512. The summed E-state index contributed by atoms with van der Waals surface area (Å²) in [6.07, 6.45) is 4.69. The third-order valence-electron chi connectivity index (χ3n) is 7.91. The maximum Gasteiger partial charge on any atom is 0.407 e. The van der Waals surface area contributed by atoms with E-state index in [9.17, 15) is 23.2 Å². The first-order chi connectivity index (χ1) is 20.1. The van der Waals surface area contributed by atoms with Gasteiger partial charge in [-0.2, -0.15) is 13.8 Å². The first-order valence-electron chi connectivity index (χ1n) is 13.9. The van der Waals surface area contributed by atoms with E-state index < -0.39 is 24.5 Å². The lowest BCUT2D eigenvalue weighted by atomic mass is 9.94. The molecule has 0 bridgehead atoms. The van der Waals surface area contributed by atoms with E-state index in [0.717, 1.165) is 37.0 Å². The standard InChI is InChI=1S/C27H34F2N8O5/c1-34-20-15-30-25(32-22(20)37(16-27(28,29)24(34)39)18-6-4-3-5-7-18)31-19-9-8-17(14-21(19)42-2)23(38)33-36-12-10-35(11-13-36)26(40)41/h8-9,14-15,18H,3-7,10-13,16H2,1-2H3,(H,33,38)(H,40,41)(H,30,31,32). The van der Waals surface area contributed by atoms with Crippen LogP contribution in [0.5, 0.6) is 5.75 Å². The van der Waals surface area contributed by atoms with Gasteiger partial charge in [0.1, 0.15) is 11.4 Å². The van der Waals surface area contributed by atoms with Crippen LogP contribution in [0.4, 0.5) is 36.7 Å². The molecular formula is C27H34F2N8O5. The molecule has 0 unspecified atom stereocenters. The lowest BCUT2D eigenvalue weighted by Gasteiger charge is -2.35. The van der Waals surface area contributed by atoms with E-state index in [2.05, 4.69) is 20.7 Å². The van der Waals surface area contributed by atoms with Crippen molar-refractivity contribution < 1.29 is 33.0 Å². The number of aromatic nitrogens is 2. The molecule has 226 valence electrons. The highest BCUT2D eigenvalue weighted by atomic mass is 19.3. The van der Waals surface area contributed by atoms with Crippen LogP contribution < -0.4 is 25.3 Å². The summed E-state index contributed by atoms with van der Waals surface area (Å²) in [5, 5.41) is 13.8. The highest BCUT2D eigenvalue weighted by molar-refractivity contribution is 6.02. The summed E-state index contributed by atoms with van der Waals surface area (Å²) in [5.74, 6) is -4.57. The molecule has 2 aromatic rings. The molecule has 15 heteroatoms. The SMILES string of the molecule is COc1cc(C(=O)NN2CCN(C(=O)O)CC2)ccc1Nc1ncc2c(n1)N(C1CCCCC1)CC(F)(F)C(=O)N2C. The van der Waals surface area contributed by atoms with E-state index in [1.807, 2.05) is 0 Å². The number of rotatable bonds is 6. The Morgan fingerprint density at radius 3 is 2.50 bits per heavy atom. The topological polar surface area (TPSA) is 143 Å². The summed E-state index contributed by atoms with van der Waals surface area (Å²) in [5.41, 5.74) is 3.74. The number of carbonyl (C=O) groups excluding carboxylic acids is 2. The Hall–Kier alpha value is -4.27. The highest BCUT2D eigenvalue weighted by Crippen LogP contribution is 2.39. The fourth-order valence-electron chi connectivity index (χ4n) is 5.55. The van der Waals surface area contributed by atoms with Crippen LogP contribution in [0.2, 0.25) is 0 Å². The number of piperazine rings is 1. The van der Waals surface area contributed by atoms with Crippen molar-refractivity contribution in [1.29, 1.82) is 0 Å². The van der Waals surface area contributed by atoms with Crippen LogP contribution >= 0.6 is 0 Å². The average molecular weight is 589 g/mol. The average Bonchev–Trinajstić information content (AvgIpc) is 3.06. The van der Waals surface area contributed by atoms with Crippen LogP contribution in [-0.2, 0) is 4.79 Å². The molecule has 1 saturated heterocycles. The minimum absolute atomic E-state index is 0.118. The van der Waals surface area contributed by atoms with Gasteiger partial charge in [-0.1, -0.05) is 19.3 Å². The van der Waals surface area contributed by atoms with E-state index >= 15 is 0 Å². The lowest BCUT2D eigenvalue weighted by molar-refractivity contribution is -0.140. The lowest BCUT2D eigenvalue weighted by Crippen LogP contribution is -2.54. The number of fused-ring (bicyclic) bond motifs is 1. The molecule has 2 aliphatic heterocycles. The number of carboxylic acid groups (broad SMARTS) is 1. The zero-order valence-corrected chi connectivity index (χ0v) is 23.5. The Bertz CT molecular complexity index is 1350. The van der Waals surface area contributed by atoms with Crippen molar-refractivity contribution in [1.82, 2.24) is 25.3 Å². The van der Waals surface area contributed by atoms with E-state index in [0.29, 0.717) is 30.1 Å². The highest BCUT2D eigenvalue weighted by Gasteiger charge is 2.48. The number of benzene rings is 1. The first-order valence-corrected chi connectivity index (χ1v) is 13.9. The Labute approximate surface area is 241 Å². The first kappa shape index (κ1) is 29.2. The van der Waals surface area contributed by atoms with Crippen molar-refractivity contribution in [3.05, 3.63) is 30.0 Å². The number of halogens is 2. The van der Waals surface area contributed by atoms with Gasteiger partial charge in [-0.15, -0.1) is 0 Å². The molecule has 5 rings (SSSR count). The molecule has 13 nitrogen and oxygen atoms in total. The Balaban J connectivity index is 1.36. The molecule has 3 heterocycles. The Morgan fingerprint density at radius 1 is 1.12 bits per heavy atom. The normalized spacial score (nSPS) is 19.6.